The summed E-state index contributed by atoms with van der Waals surface area (Å²) in [6, 6.07) is 39.8. The average Bonchev–Trinajstić information content (AvgIpc) is 2.97. The van der Waals surface area contributed by atoms with Gasteiger partial charge in [-0.25, -0.2) is 4.79 Å². The summed E-state index contributed by atoms with van der Waals surface area (Å²) in [6.45, 7) is 0.152. The zero-order valence-corrected chi connectivity index (χ0v) is 21.1. The number of thioether (sulfide) groups is 1. The summed E-state index contributed by atoms with van der Waals surface area (Å²) in [6.07, 6.45) is -0.598. The lowest BCUT2D eigenvalue weighted by atomic mass is 9.84. The Labute approximate surface area is 221 Å². The molecule has 0 spiro atoms. The summed E-state index contributed by atoms with van der Waals surface area (Å²) < 4.78 is 4.85. The summed E-state index contributed by atoms with van der Waals surface area (Å²) in [4.78, 5) is 24.9. The fourth-order valence-corrected chi connectivity index (χ4v) is 6.24. The number of alkyl carbamates (subject to hydrolysis) is 1. The standard InChI is InChI=1S/C31H28N2O3S/c34-29-28(33-30(35)36-21-23-13-5-1-6-14-23)27(32-29)22-37-31(24-15-7-2-8-16-24,25-17-9-3-10-18-25)26-19-11-4-12-20-26/h1-20,27-28H,21-22H2,(H,32,34)(H,33,35)/t27-,28+/m1/s1. The van der Waals surface area contributed by atoms with Gasteiger partial charge in [-0.3, -0.25) is 4.79 Å². The molecule has 2 amide bonds. The van der Waals surface area contributed by atoms with E-state index in [-0.39, 0.29) is 18.6 Å². The van der Waals surface area contributed by atoms with Crippen molar-refractivity contribution in [1.29, 1.82) is 0 Å². The fraction of sp³-hybridized carbons (Fsp3) is 0.161. The van der Waals surface area contributed by atoms with Gasteiger partial charge in [0, 0.05) is 5.75 Å². The third kappa shape index (κ3) is 5.39. The van der Waals surface area contributed by atoms with Crippen LogP contribution >= 0.6 is 11.8 Å². The number of ether oxygens (including phenoxy) is 1. The van der Waals surface area contributed by atoms with Gasteiger partial charge in [0.15, 0.2) is 0 Å². The van der Waals surface area contributed by atoms with E-state index in [1.165, 1.54) is 0 Å². The van der Waals surface area contributed by atoms with Crippen molar-refractivity contribution >= 4 is 23.8 Å². The van der Waals surface area contributed by atoms with E-state index < -0.39 is 16.9 Å². The molecule has 4 aromatic carbocycles. The number of hydrogen-bond donors (Lipinski definition) is 2. The second-order valence-corrected chi connectivity index (χ2v) is 10.1. The Kier molecular flexibility index (Phi) is 7.57. The van der Waals surface area contributed by atoms with Gasteiger partial charge in [0.1, 0.15) is 12.6 Å². The van der Waals surface area contributed by atoms with Crippen LogP contribution in [0.4, 0.5) is 4.79 Å². The fourth-order valence-electron chi connectivity index (χ4n) is 4.62. The van der Waals surface area contributed by atoms with Gasteiger partial charge in [-0.15, -0.1) is 11.8 Å². The second kappa shape index (κ2) is 11.4. The van der Waals surface area contributed by atoms with Crippen LogP contribution in [0.3, 0.4) is 0 Å². The van der Waals surface area contributed by atoms with Crippen LogP contribution in [-0.4, -0.2) is 29.8 Å². The van der Waals surface area contributed by atoms with Gasteiger partial charge in [-0.2, -0.15) is 0 Å². The molecule has 0 aliphatic carbocycles. The van der Waals surface area contributed by atoms with Crippen molar-refractivity contribution in [2.75, 3.05) is 5.75 Å². The number of rotatable bonds is 9. The lowest BCUT2D eigenvalue weighted by Crippen LogP contribution is -2.70. The number of nitrogens with one attached hydrogen (secondary N) is 2. The van der Waals surface area contributed by atoms with E-state index in [0.717, 1.165) is 22.3 Å². The molecule has 0 bridgehead atoms. The average molecular weight is 509 g/mol. The van der Waals surface area contributed by atoms with Gasteiger partial charge in [0.2, 0.25) is 5.91 Å². The quantitative estimate of drug-likeness (QED) is 0.231. The number of amides is 2. The van der Waals surface area contributed by atoms with Crippen LogP contribution in [0.1, 0.15) is 22.3 Å². The molecule has 1 aliphatic rings. The van der Waals surface area contributed by atoms with E-state index >= 15 is 0 Å². The molecule has 0 saturated carbocycles. The predicted octanol–water partition coefficient (Wildman–Crippen LogP) is 5.51. The highest BCUT2D eigenvalue weighted by Gasteiger charge is 2.44. The maximum atomic E-state index is 12.5. The lowest BCUT2D eigenvalue weighted by Gasteiger charge is -2.41. The van der Waals surface area contributed by atoms with Crippen LogP contribution in [0.5, 0.6) is 0 Å². The Balaban J connectivity index is 1.36. The SMILES string of the molecule is O=C(N[C@@H]1C(=O)N[C@@H]1CSC(c1ccccc1)(c1ccccc1)c1ccccc1)OCc1ccccc1. The van der Waals surface area contributed by atoms with Gasteiger partial charge in [0.05, 0.1) is 10.8 Å². The summed E-state index contributed by atoms with van der Waals surface area (Å²) in [7, 11) is 0. The first-order valence-corrected chi connectivity index (χ1v) is 13.2. The summed E-state index contributed by atoms with van der Waals surface area (Å²) >= 11 is 1.75. The molecule has 5 rings (SSSR count). The maximum absolute atomic E-state index is 12.5. The monoisotopic (exact) mass is 508 g/mol. The molecular weight excluding hydrogens is 480 g/mol. The van der Waals surface area contributed by atoms with Gasteiger partial charge in [0.25, 0.3) is 0 Å². The van der Waals surface area contributed by atoms with Gasteiger partial charge < -0.3 is 15.4 Å². The number of carbonyl (C=O) groups excluding carboxylic acids is 2. The van der Waals surface area contributed by atoms with Gasteiger partial charge >= 0.3 is 6.09 Å². The van der Waals surface area contributed by atoms with Crippen LogP contribution in [0, 0.1) is 0 Å². The minimum Gasteiger partial charge on any atom is -0.445 e. The van der Waals surface area contributed by atoms with Crippen LogP contribution in [-0.2, 0) is 20.9 Å². The Morgan fingerprint density at radius 2 is 1.22 bits per heavy atom. The summed E-state index contributed by atoms with van der Waals surface area (Å²) in [5.74, 6) is 0.389. The molecule has 4 aromatic rings. The molecule has 6 heteroatoms. The Morgan fingerprint density at radius 3 is 1.68 bits per heavy atom. The van der Waals surface area contributed by atoms with Crippen molar-refractivity contribution in [3.8, 4) is 0 Å². The Morgan fingerprint density at radius 1 is 0.757 bits per heavy atom. The van der Waals surface area contributed by atoms with Gasteiger partial charge in [-0.1, -0.05) is 121 Å². The van der Waals surface area contributed by atoms with E-state index in [0.29, 0.717) is 5.75 Å². The molecule has 1 heterocycles. The Hall–Kier alpha value is -4.03. The minimum atomic E-state index is -0.643. The Bertz CT molecular complexity index is 1220. The minimum absolute atomic E-state index is 0.152. The molecule has 1 saturated heterocycles. The topological polar surface area (TPSA) is 67.4 Å². The van der Waals surface area contributed by atoms with Crippen LogP contribution in [0.2, 0.25) is 0 Å². The first-order valence-electron chi connectivity index (χ1n) is 12.2. The van der Waals surface area contributed by atoms with Crippen molar-refractivity contribution < 1.29 is 14.3 Å². The van der Waals surface area contributed by atoms with E-state index in [1.54, 1.807) is 11.8 Å². The molecule has 0 unspecified atom stereocenters. The molecule has 0 radical (unpaired) electrons. The van der Waals surface area contributed by atoms with Crippen LogP contribution in [0.15, 0.2) is 121 Å². The highest BCUT2D eigenvalue weighted by atomic mass is 32.2. The van der Waals surface area contributed by atoms with Crippen molar-refractivity contribution in [2.45, 2.75) is 23.4 Å². The van der Waals surface area contributed by atoms with E-state index in [2.05, 4.69) is 83.4 Å². The maximum Gasteiger partial charge on any atom is 0.408 e. The summed E-state index contributed by atoms with van der Waals surface area (Å²) in [5.41, 5.74) is 4.33. The molecule has 2 N–H and O–H groups in total. The number of β-lactam (4-membered cyclic amide) rings is 1. The highest BCUT2D eigenvalue weighted by Crippen LogP contribution is 2.48. The van der Waals surface area contributed by atoms with Crippen molar-refractivity contribution in [3.63, 3.8) is 0 Å². The highest BCUT2D eigenvalue weighted by molar-refractivity contribution is 8.00. The molecule has 0 aromatic heterocycles. The third-order valence-electron chi connectivity index (χ3n) is 6.52. The van der Waals surface area contributed by atoms with Crippen molar-refractivity contribution in [2.24, 2.45) is 0 Å². The first kappa shape index (κ1) is 24.7. The molecule has 186 valence electrons. The predicted molar refractivity (Wildman–Crippen MR) is 147 cm³/mol. The normalized spacial score (nSPS) is 16.8. The first-order chi connectivity index (χ1) is 18.2. The number of hydrogen-bond acceptors (Lipinski definition) is 4. The van der Waals surface area contributed by atoms with Gasteiger partial charge in [-0.05, 0) is 22.3 Å². The zero-order valence-electron chi connectivity index (χ0n) is 20.2. The lowest BCUT2D eigenvalue weighted by molar-refractivity contribution is -0.130. The number of benzene rings is 4. The molecule has 1 aliphatic heterocycles. The zero-order chi connectivity index (χ0) is 25.5. The van der Waals surface area contributed by atoms with Crippen LogP contribution < -0.4 is 10.6 Å². The summed E-state index contributed by atoms with van der Waals surface area (Å²) in [5, 5.41) is 5.72. The van der Waals surface area contributed by atoms with E-state index in [9.17, 15) is 9.59 Å². The third-order valence-corrected chi connectivity index (χ3v) is 8.18. The second-order valence-electron chi connectivity index (χ2n) is 8.89. The van der Waals surface area contributed by atoms with E-state index in [1.807, 2.05) is 48.5 Å². The largest absolute Gasteiger partial charge is 0.445 e. The molecule has 37 heavy (non-hydrogen) atoms. The van der Waals surface area contributed by atoms with Crippen molar-refractivity contribution in [1.82, 2.24) is 10.6 Å². The molecule has 2 atom stereocenters. The molecule has 1 fully saturated rings. The molecule has 5 nitrogen and oxygen atoms in total. The smallest absolute Gasteiger partial charge is 0.408 e. The molecular formula is C31H28N2O3S. The van der Waals surface area contributed by atoms with Crippen molar-refractivity contribution in [3.05, 3.63) is 144 Å². The van der Waals surface area contributed by atoms with E-state index in [4.69, 9.17) is 4.74 Å². The van der Waals surface area contributed by atoms with Crippen LogP contribution in [0.25, 0.3) is 0 Å². The number of carbonyl (C=O) groups is 2.